The van der Waals surface area contributed by atoms with E-state index in [1.165, 1.54) is 5.56 Å². The number of carbonyl (C=O) groups is 1. The van der Waals surface area contributed by atoms with Crippen LogP contribution < -0.4 is 10.6 Å². The first kappa shape index (κ1) is 14.9. The van der Waals surface area contributed by atoms with Crippen molar-refractivity contribution in [3.63, 3.8) is 0 Å². The quantitative estimate of drug-likeness (QED) is 0.661. The van der Waals surface area contributed by atoms with Crippen molar-refractivity contribution in [3.05, 3.63) is 78.1 Å². The summed E-state index contributed by atoms with van der Waals surface area (Å²) in [4.78, 5) is 15.0. The number of anilines is 1. The molecule has 2 aromatic carbocycles. The van der Waals surface area contributed by atoms with E-state index in [2.05, 4.69) is 15.6 Å². The van der Waals surface area contributed by atoms with Gasteiger partial charge < -0.3 is 15.6 Å². The molecule has 0 unspecified atom stereocenters. The fourth-order valence-corrected chi connectivity index (χ4v) is 2.31. The molecule has 4 nitrogen and oxygen atoms in total. The minimum atomic E-state index is -0.208. The van der Waals surface area contributed by atoms with E-state index in [0.717, 1.165) is 22.4 Å². The molecule has 0 aliphatic carbocycles. The summed E-state index contributed by atoms with van der Waals surface area (Å²) >= 11 is 0. The molecular formula is C19H19N3O. The molecule has 0 radical (unpaired) electrons. The van der Waals surface area contributed by atoms with Crippen LogP contribution in [0.4, 0.5) is 10.5 Å². The third kappa shape index (κ3) is 4.01. The molecule has 3 aromatic rings. The monoisotopic (exact) mass is 305 g/mol. The van der Waals surface area contributed by atoms with Crippen molar-refractivity contribution < 1.29 is 4.79 Å². The van der Waals surface area contributed by atoms with Gasteiger partial charge in [0.1, 0.15) is 0 Å². The lowest BCUT2D eigenvalue weighted by Crippen LogP contribution is -2.28. The maximum absolute atomic E-state index is 11.9. The van der Waals surface area contributed by atoms with Crippen molar-refractivity contribution in [2.24, 2.45) is 0 Å². The molecule has 3 N–H and O–H groups in total. The first-order valence-electron chi connectivity index (χ1n) is 7.54. The number of amides is 2. The van der Waals surface area contributed by atoms with E-state index in [-0.39, 0.29) is 6.03 Å². The van der Waals surface area contributed by atoms with Gasteiger partial charge in [-0.25, -0.2) is 4.79 Å². The Morgan fingerprint density at radius 3 is 2.35 bits per heavy atom. The topological polar surface area (TPSA) is 56.9 Å². The lowest BCUT2D eigenvalue weighted by molar-refractivity contribution is 0.251. The smallest absolute Gasteiger partial charge is 0.319 e. The molecule has 0 fully saturated rings. The van der Waals surface area contributed by atoms with Crippen molar-refractivity contribution in [1.82, 2.24) is 10.3 Å². The summed E-state index contributed by atoms with van der Waals surface area (Å²) in [5.41, 5.74) is 5.29. The van der Waals surface area contributed by atoms with Crippen LogP contribution >= 0.6 is 0 Å². The van der Waals surface area contributed by atoms with Crippen molar-refractivity contribution in [2.75, 3.05) is 5.32 Å². The number of aryl methyl sites for hydroxylation is 1. The molecule has 116 valence electrons. The molecule has 3 rings (SSSR count). The van der Waals surface area contributed by atoms with Crippen LogP contribution in [-0.2, 0) is 6.54 Å². The van der Waals surface area contributed by atoms with E-state index in [1.54, 1.807) is 0 Å². The first-order valence-corrected chi connectivity index (χ1v) is 7.54. The van der Waals surface area contributed by atoms with Gasteiger partial charge >= 0.3 is 6.03 Å². The number of urea groups is 1. The van der Waals surface area contributed by atoms with Gasteiger partial charge in [0.25, 0.3) is 0 Å². The fourth-order valence-electron chi connectivity index (χ4n) is 2.31. The second-order valence-corrected chi connectivity index (χ2v) is 5.47. The molecule has 1 heterocycles. The zero-order valence-corrected chi connectivity index (χ0v) is 13.0. The van der Waals surface area contributed by atoms with Crippen LogP contribution in [-0.4, -0.2) is 11.0 Å². The molecule has 1 aromatic heterocycles. The Morgan fingerprint density at radius 1 is 0.957 bits per heavy atom. The number of hydrogen-bond donors (Lipinski definition) is 3. The van der Waals surface area contributed by atoms with Crippen molar-refractivity contribution >= 4 is 11.7 Å². The summed E-state index contributed by atoms with van der Waals surface area (Å²) in [6.07, 6.45) is 3.83. The third-order valence-corrected chi connectivity index (χ3v) is 3.65. The molecule has 0 bridgehead atoms. The van der Waals surface area contributed by atoms with Crippen molar-refractivity contribution in [1.29, 1.82) is 0 Å². The average molecular weight is 305 g/mol. The zero-order chi connectivity index (χ0) is 16.1. The summed E-state index contributed by atoms with van der Waals surface area (Å²) in [5.74, 6) is 0. The van der Waals surface area contributed by atoms with E-state index in [0.29, 0.717) is 6.54 Å². The Bertz CT molecular complexity index is 759. The van der Waals surface area contributed by atoms with Crippen LogP contribution in [0.3, 0.4) is 0 Å². The van der Waals surface area contributed by atoms with Gasteiger partial charge in [0.15, 0.2) is 0 Å². The summed E-state index contributed by atoms with van der Waals surface area (Å²) in [7, 11) is 0. The molecular weight excluding hydrogens is 286 g/mol. The number of aromatic amines is 1. The lowest BCUT2D eigenvalue weighted by Gasteiger charge is -2.08. The highest BCUT2D eigenvalue weighted by Gasteiger charge is 2.03. The Kier molecular flexibility index (Phi) is 4.43. The lowest BCUT2D eigenvalue weighted by atomic mass is 10.1. The second kappa shape index (κ2) is 6.83. The number of carbonyl (C=O) groups excluding carboxylic acids is 1. The number of hydrogen-bond acceptors (Lipinski definition) is 1. The average Bonchev–Trinajstić information content (AvgIpc) is 3.09. The summed E-state index contributed by atoms with van der Waals surface area (Å²) in [6.45, 7) is 2.55. The minimum Gasteiger partial charge on any atom is -0.367 e. The van der Waals surface area contributed by atoms with Crippen molar-refractivity contribution in [3.8, 4) is 11.1 Å². The normalized spacial score (nSPS) is 10.3. The maximum Gasteiger partial charge on any atom is 0.319 e. The van der Waals surface area contributed by atoms with Gasteiger partial charge in [-0.1, -0.05) is 42.0 Å². The van der Waals surface area contributed by atoms with Crippen LogP contribution in [0.2, 0.25) is 0 Å². The van der Waals surface area contributed by atoms with Crippen molar-refractivity contribution in [2.45, 2.75) is 13.5 Å². The summed E-state index contributed by atoms with van der Waals surface area (Å²) in [6, 6.07) is 17.7. The number of H-pyrrole nitrogens is 1. The summed E-state index contributed by atoms with van der Waals surface area (Å²) in [5, 5.41) is 5.69. The zero-order valence-electron chi connectivity index (χ0n) is 13.0. The van der Waals surface area contributed by atoms with Crippen LogP contribution in [0.25, 0.3) is 11.1 Å². The molecule has 0 saturated carbocycles. The van der Waals surface area contributed by atoms with E-state index < -0.39 is 0 Å². The number of aromatic nitrogens is 1. The van der Waals surface area contributed by atoms with Gasteiger partial charge in [0.2, 0.25) is 0 Å². The Morgan fingerprint density at radius 2 is 1.70 bits per heavy atom. The molecule has 4 heteroatoms. The Balaban J connectivity index is 1.54. The Hall–Kier alpha value is -3.01. The molecule has 23 heavy (non-hydrogen) atoms. The van der Waals surface area contributed by atoms with E-state index >= 15 is 0 Å². The third-order valence-electron chi connectivity index (χ3n) is 3.65. The molecule has 0 atom stereocenters. The molecule has 0 saturated heterocycles. The SMILES string of the molecule is Cc1ccc(CNC(=O)Nc2ccc(-c3cc[nH]c3)cc2)cc1. The van der Waals surface area contributed by atoms with Gasteiger partial charge in [-0.05, 0) is 41.8 Å². The fraction of sp³-hybridized carbons (Fsp3) is 0.105. The first-order chi connectivity index (χ1) is 11.2. The second-order valence-electron chi connectivity index (χ2n) is 5.47. The van der Waals surface area contributed by atoms with Gasteiger partial charge in [0, 0.05) is 24.6 Å². The van der Waals surface area contributed by atoms with E-state index in [4.69, 9.17) is 0 Å². The standard InChI is InChI=1S/C19H19N3O/c1-14-2-4-15(5-3-14)12-21-19(23)22-18-8-6-16(7-9-18)17-10-11-20-13-17/h2-11,13,20H,12H2,1H3,(H2,21,22,23). The highest BCUT2D eigenvalue weighted by atomic mass is 16.2. The number of nitrogens with one attached hydrogen (secondary N) is 3. The largest absolute Gasteiger partial charge is 0.367 e. The predicted octanol–water partition coefficient (Wildman–Crippen LogP) is 4.31. The van der Waals surface area contributed by atoms with Gasteiger partial charge in [-0.15, -0.1) is 0 Å². The molecule has 2 amide bonds. The van der Waals surface area contributed by atoms with Crippen LogP contribution in [0, 0.1) is 6.92 Å². The van der Waals surface area contributed by atoms with Crippen LogP contribution in [0.5, 0.6) is 0 Å². The Labute approximate surface area is 135 Å². The van der Waals surface area contributed by atoms with Crippen LogP contribution in [0.15, 0.2) is 67.0 Å². The number of rotatable bonds is 4. The molecule has 0 aliphatic heterocycles. The van der Waals surface area contributed by atoms with Gasteiger partial charge in [-0.3, -0.25) is 0 Å². The van der Waals surface area contributed by atoms with E-state index in [1.807, 2.05) is 73.9 Å². The van der Waals surface area contributed by atoms with Crippen LogP contribution in [0.1, 0.15) is 11.1 Å². The maximum atomic E-state index is 11.9. The predicted molar refractivity (Wildman–Crippen MR) is 93.3 cm³/mol. The highest BCUT2D eigenvalue weighted by Crippen LogP contribution is 2.20. The minimum absolute atomic E-state index is 0.208. The summed E-state index contributed by atoms with van der Waals surface area (Å²) < 4.78 is 0. The molecule has 0 spiro atoms. The molecule has 0 aliphatic rings. The highest BCUT2D eigenvalue weighted by molar-refractivity contribution is 5.89. The van der Waals surface area contributed by atoms with Gasteiger partial charge in [-0.2, -0.15) is 0 Å². The van der Waals surface area contributed by atoms with E-state index in [9.17, 15) is 4.79 Å². The number of benzene rings is 2. The van der Waals surface area contributed by atoms with Gasteiger partial charge in [0.05, 0.1) is 0 Å².